The molecular weight excluding hydrogens is 420 g/mol. The molecule has 0 bridgehead atoms. The molecule has 2 aromatic carbocycles. The number of carbonyl (C=O) groups is 2. The fraction of sp³-hybridized carbons (Fsp3) is 0.136. The van der Waals surface area contributed by atoms with E-state index in [1.54, 1.807) is 35.6 Å². The van der Waals surface area contributed by atoms with E-state index in [2.05, 4.69) is 15.6 Å². The number of aryl methyl sites for hydroxylation is 1. The molecule has 8 heteroatoms. The van der Waals surface area contributed by atoms with E-state index >= 15 is 0 Å². The van der Waals surface area contributed by atoms with Gasteiger partial charge in [0.2, 0.25) is 11.8 Å². The molecular formula is C22H19ClN4O2S. The first kappa shape index (κ1) is 20.1. The standard InChI is InChI=1S/C22H19ClN4O2S/c1-14(28)24-17-6-8-18(9-7-17)25-21(29)11-10-19-13-30-22-26-20(12-27(19)22)15-2-4-16(23)5-3-15/h2-9,12-13H,10-11H2,1H3,(H,24,28)(H,25,29). The highest BCUT2D eigenvalue weighted by Gasteiger charge is 2.11. The second-order valence-corrected chi connectivity index (χ2v) is 8.09. The maximum atomic E-state index is 12.4. The summed E-state index contributed by atoms with van der Waals surface area (Å²) in [7, 11) is 0. The maximum Gasteiger partial charge on any atom is 0.224 e. The number of nitrogens with one attached hydrogen (secondary N) is 2. The Hall–Kier alpha value is -3.16. The van der Waals surface area contributed by atoms with E-state index in [0.29, 0.717) is 29.2 Å². The van der Waals surface area contributed by atoms with Gasteiger partial charge in [0.05, 0.1) is 5.69 Å². The number of thiazole rings is 1. The number of fused-ring (bicyclic) bond motifs is 1. The van der Waals surface area contributed by atoms with Gasteiger partial charge in [-0.05, 0) is 42.8 Å². The van der Waals surface area contributed by atoms with Crippen molar-refractivity contribution in [1.82, 2.24) is 9.38 Å². The van der Waals surface area contributed by atoms with E-state index in [0.717, 1.165) is 21.9 Å². The predicted octanol–water partition coefficient (Wildman–Crippen LogP) is 5.25. The smallest absolute Gasteiger partial charge is 0.224 e. The zero-order valence-electron chi connectivity index (χ0n) is 16.2. The Balaban J connectivity index is 1.39. The van der Waals surface area contributed by atoms with E-state index in [-0.39, 0.29) is 11.8 Å². The molecule has 0 aliphatic carbocycles. The number of amides is 2. The second-order valence-electron chi connectivity index (χ2n) is 6.82. The Labute approximate surface area is 182 Å². The number of anilines is 2. The zero-order chi connectivity index (χ0) is 21.1. The first-order valence-corrected chi connectivity index (χ1v) is 10.6. The fourth-order valence-electron chi connectivity index (χ4n) is 3.07. The summed E-state index contributed by atoms with van der Waals surface area (Å²) in [5, 5.41) is 8.30. The Morgan fingerprint density at radius 3 is 2.37 bits per heavy atom. The van der Waals surface area contributed by atoms with E-state index < -0.39 is 0 Å². The Morgan fingerprint density at radius 1 is 1.03 bits per heavy atom. The molecule has 4 aromatic rings. The van der Waals surface area contributed by atoms with Gasteiger partial charge in [-0.1, -0.05) is 23.7 Å². The van der Waals surface area contributed by atoms with E-state index in [4.69, 9.17) is 11.6 Å². The van der Waals surface area contributed by atoms with Crippen LogP contribution in [0.2, 0.25) is 5.02 Å². The van der Waals surface area contributed by atoms with Gasteiger partial charge >= 0.3 is 0 Å². The molecule has 30 heavy (non-hydrogen) atoms. The average Bonchev–Trinajstić information content (AvgIpc) is 3.29. The Kier molecular flexibility index (Phi) is 5.83. The molecule has 0 radical (unpaired) electrons. The molecule has 0 unspecified atom stereocenters. The van der Waals surface area contributed by atoms with Gasteiger partial charge in [0, 0.05) is 52.6 Å². The highest BCUT2D eigenvalue weighted by molar-refractivity contribution is 7.15. The molecule has 0 atom stereocenters. The third kappa shape index (κ3) is 4.69. The van der Waals surface area contributed by atoms with Crippen LogP contribution in [0.25, 0.3) is 16.2 Å². The number of rotatable bonds is 6. The van der Waals surface area contributed by atoms with Gasteiger partial charge < -0.3 is 10.6 Å². The lowest BCUT2D eigenvalue weighted by molar-refractivity contribution is -0.116. The monoisotopic (exact) mass is 438 g/mol. The normalized spacial score (nSPS) is 10.9. The molecule has 4 rings (SSSR count). The first-order valence-electron chi connectivity index (χ1n) is 9.37. The van der Waals surface area contributed by atoms with Crippen LogP contribution in [0.15, 0.2) is 60.1 Å². The molecule has 0 fully saturated rings. The lowest BCUT2D eigenvalue weighted by Gasteiger charge is -2.07. The molecule has 2 N–H and O–H groups in total. The summed E-state index contributed by atoms with van der Waals surface area (Å²) < 4.78 is 2.03. The van der Waals surface area contributed by atoms with Gasteiger partial charge in [-0.2, -0.15) is 0 Å². The quantitative estimate of drug-likeness (QED) is 0.432. The van der Waals surface area contributed by atoms with Crippen LogP contribution in [0.1, 0.15) is 19.0 Å². The summed E-state index contributed by atoms with van der Waals surface area (Å²) >= 11 is 7.51. The minimum absolute atomic E-state index is 0.0698. The second kappa shape index (κ2) is 8.69. The van der Waals surface area contributed by atoms with Crippen molar-refractivity contribution in [2.24, 2.45) is 0 Å². The number of hydrogen-bond donors (Lipinski definition) is 2. The number of benzene rings is 2. The van der Waals surface area contributed by atoms with Crippen molar-refractivity contribution in [1.29, 1.82) is 0 Å². The Bertz CT molecular complexity index is 1200. The fourth-order valence-corrected chi connectivity index (χ4v) is 4.11. The van der Waals surface area contributed by atoms with E-state index in [1.807, 2.05) is 40.2 Å². The van der Waals surface area contributed by atoms with Crippen LogP contribution in [0, 0.1) is 0 Å². The molecule has 0 spiro atoms. The largest absolute Gasteiger partial charge is 0.326 e. The zero-order valence-corrected chi connectivity index (χ0v) is 17.8. The highest BCUT2D eigenvalue weighted by Crippen LogP contribution is 2.25. The van der Waals surface area contributed by atoms with Crippen LogP contribution in [0.5, 0.6) is 0 Å². The number of carbonyl (C=O) groups excluding carboxylic acids is 2. The lowest BCUT2D eigenvalue weighted by atomic mass is 10.2. The molecule has 2 amide bonds. The molecule has 6 nitrogen and oxygen atoms in total. The van der Waals surface area contributed by atoms with Crippen molar-refractivity contribution >= 4 is 51.1 Å². The molecule has 0 saturated heterocycles. The summed E-state index contributed by atoms with van der Waals surface area (Å²) in [6.45, 7) is 1.45. The number of hydrogen-bond acceptors (Lipinski definition) is 4. The summed E-state index contributed by atoms with van der Waals surface area (Å²) in [4.78, 5) is 29.0. The number of halogens is 1. The third-order valence-corrected chi connectivity index (χ3v) is 5.66. The summed E-state index contributed by atoms with van der Waals surface area (Å²) in [6.07, 6.45) is 2.95. The SMILES string of the molecule is CC(=O)Nc1ccc(NC(=O)CCc2csc3nc(-c4ccc(Cl)cc4)cn23)cc1. The van der Waals surface area contributed by atoms with Crippen LogP contribution in [-0.4, -0.2) is 21.2 Å². The minimum Gasteiger partial charge on any atom is -0.326 e. The molecule has 0 aliphatic heterocycles. The van der Waals surface area contributed by atoms with Crippen molar-refractivity contribution < 1.29 is 9.59 Å². The van der Waals surface area contributed by atoms with Gasteiger partial charge in [-0.15, -0.1) is 11.3 Å². The lowest BCUT2D eigenvalue weighted by Crippen LogP contribution is -2.13. The summed E-state index contributed by atoms with van der Waals surface area (Å²) in [5.41, 5.74) is 4.30. The molecule has 0 aliphatic rings. The van der Waals surface area contributed by atoms with E-state index in [1.165, 1.54) is 6.92 Å². The van der Waals surface area contributed by atoms with Crippen molar-refractivity contribution in [2.75, 3.05) is 10.6 Å². The van der Waals surface area contributed by atoms with Gasteiger partial charge in [-0.3, -0.25) is 14.0 Å². The van der Waals surface area contributed by atoms with Crippen LogP contribution >= 0.6 is 22.9 Å². The van der Waals surface area contributed by atoms with Crippen molar-refractivity contribution in [3.05, 3.63) is 70.8 Å². The molecule has 2 heterocycles. The number of imidazole rings is 1. The Morgan fingerprint density at radius 2 is 1.70 bits per heavy atom. The number of nitrogens with zero attached hydrogens (tertiary/aromatic N) is 2. The average molecular weight is 439 g/mol. The maximum absolute atomic E-state index is 12.4. The van der Waals surface area contributed by atoms with Crippen LogP contribution < -0.4 is 10.6 Å². The molecule has 152 valence electrons. The van der Waals surface area contributed by atoms with Crippen LogP contribution in [0.4, 0.5) is 11.4 Å². The van der Waals surface area contributed by atoms with Crippen molar-refractivity contribution in [3.63, 3.8) is 0 Å². The summed E-state index contributed by atoms with van der Waals surface area (Å²) in [5.74, 6) is -0.202. The van der Waals surface area contributed by atoms with Gasteiger partial charge in [0.1, 0.15) is 0 Å². The van der Waals surface area contributed by atoms with Crippen LogP contribution in [0.3, 0.4) is 0 Å². The molecule has 0 saturated carbocycles. The minimum atomic E-state index is -0.132. The van der Waals surface area contributed by atoms with Gasteiger partial charge in [0.15, 0.2) is 4.96 Å². The van der Waals surface area contributed by atoms with Gasteiger partial charge in [0.25, 0.3) is 0 Å². The van der Waals surface area contributed by atoms with Crippen molar-refractivity contribution in [2.45, 2.75) is 19.8 Å². The summed E-state index contributed by atoms with van der Waals surface area (Å²) in [6, 6.07) is 14.6. The topological polar surface area (TPSA) is 75.5 Å². The van der Waals surface area contributed by atoms with Crippen molar-refractivity contribution in [3.8, 4) is 11.3 Å². The highest BCUT2D eigenvalue weighted by atomic mass is 35.5. The van der Waals surface area contributed by atoms with Gasteiger partial charge in [-0.25, -0.2) is 4.98 Å². The third-order valence-electron chi connectivity index (χ3n) is 4.52. The van der Waals surface area contributed by atoms with Crippen LogP contribution in [-0.2, 0) is 16.0 Å². The predicted molar refractivity (Wildman–Crippen MR) is 121 cm³/mol. The number of aromatic nitrogens is 2. The molecule has 2 aromatic heterocycles. The van der Waals surface area contributed by atoms with E-state index in [9.17, 15) is 9.59 Å². The first-order chi connectivity index (χ1) is 14.5.